The number of carbonyl (C=O) groups excluding carboxylic acids is 6. The normalized spacial score (nSPS) is 12.5. The zero-order valence-corrected chi connectivity index (χ0v) is 78.0. The van der Waals surface area contributed by atoms with E-state index in [-0.39, 0.29) is 72.9 Å². The van der Waals surface area contributed by atoms with Crippen molar-refractivity contribution in [3.8, 4) is 0 Å². The van der Waals surface area contributed by atoms with Gasteiger partial charge in [-0.2, -0.15) is 0 Å². The first kappa shape index (κ1) is 111. The molecule has 0 aromatic heterocycles. The molecule has 0 bridgehead atoms. The summed E-state index contributed by atoms with van der Waals surface area (Å²) in [7, 11) is 0. The van der Waals surface area contributed by atoms with Crippen molar-refractivity contribution in [3.05, 3.63) is 0 Å². The fourth-order valence-electron chi connectivity index (χ4n) is 16.0. The number of hydrogen-bond acceptors (Lipinski definition) is 12. The van der Waals surface area contributed by atoms with E-state index in [0.717, 1.165) is 219 Å². The highest BCUT2D eigenvalue weighted by Crippen LogP contribution is 2.31. The van der Waals surface area contributed by atoms with E-state index in [4.69, 9.17) is 18.9 Å². The summed E-state index contributed by atoms with van der Waals surface area (Å²) in [5, 5.41) is 6.28. The second-order valence-electron chi connectivity index (χ2n) is 36.4. The minimum absolute atomic E-state index is 0.00571. The number of carbonyl (C=O) groups is 6. The molecule has 0 aliphatic carbocycles. The number of hydrogen-bond donors (Lipinski definition) is 2. The van der Waals surface area contributed by atoms with Crippen LogP contribution in [0.25, 0.3) is 0 Å². The molecule has 0 aliphatic rings. The predicted molar refractivity (Wildman–Crippen MR) is 485 cm³/mol. The maximum Gasteiger partial charge on any atom is 0.311 e. The van der Waals surface area contributed by atoms with Gasteiger partial charge in [-0.1, -0.05) is 325 Å². The minimum Gasteiger partial charge on any atom is -0.462 e. The molecule has 0 saturated carbocycles. The van der Waals surface area contributed by atoms with Crippen molar-refractivity contribution >= 4 is 35.7 Å². The van der Waals surface area contributed by atoms with Crippen LogP contribution in [-0.2, 0) is 47.7 Å². The van der Waals surface area contributed by atoms with E-state index in [2.05, 4.69) is 89.7 Å². The molecule has 0 rings (SSSR count). The minimum atomic E-state index is -0.570. The third-order valence-corrected chi connectivity index (χ3v) is 24.3. The maximum absolute atomic E-state index is 13.8. The van der Waals surface area contributed by atoms with Crippen LogP contribution in [0.15, 0.2) is 0 Å². The highest BCUT2D eigenvalue weighted by molar-refractivity contribution is 5.83. The smallest absolute Gasteiger partial charge is 0.311 e. The van der Waals surface area contributed by atoms with Crippen molar-refractivity contribution in [2.75, 3.05) is 52.4 Å². The standard InChI is InChI=1S/C100H194N4O10/c1-13-21-27-33-39-41-48-55-69-89(19-7)111-95(107)76-62-54-67-85-103(84-66-53-51-63-79-99(9,10)98(110)114-92(73-59-46-37-31-25-17-5)74-60-47-38-32-26-18-6)87-81-101-93(105)77-78-94(106)102-82-88-104(86-68-64-80-100(11,12)97(109)113-90(20-8)70-56-49-42-40-34-28-22-14-2)83-65-52-43-50-61-75-96(108)112-91(71-57-44-35-29-23-15-3)72-58-45-36-30-24-16-4/h89-92H,13-88H2,1-12H3,(H,101,105)(H,102,106)/t89-,90-/m1/s1. The quantitative estimate of drug-likeness (QED) is 0.0336. The van der Waals surface area contributed by atoms with Gasteiger partial charge in [0.25, 0.3) is 0 Å². The number of esters is 4. The summed E-state index contributed by atoms with van der Waals surface area (Å²) in [5.41, 5.74) is -1.10. The van der Waals surface area contributed by atoms with Crippen molar-refractivity contribution in [2.45, 2.75) is 544 Å². The molecule has 0 aromatic rings. The number of unbranched alkanes of at least 4 members (excludes halogenated alkanes) is 44. The Kier molecular flexibility index (Phi) is 78.5. The van der Waals surface area contributed by atoms with Crippen LogP contribution in [0.3, 0.4) is 0 Å². The topological polar surface area (TPSA) is 170 Å². The number of rotatable bonds is 89. The van der Waals surface area contributed by atoms with Crippen LogP contribution in [0.5, 0.6) is 0 Å². The number of ether oxygens (including phenoxy) is 4. The second-order valence-corrected chi connectivity index (χ2v) is 36.4. The molecule has 674 valence electrons. The van der Waals surface area contributed by atoms with Gasteiger partial charge < -0.3 is 39.4 Å². The largest absolute Gasteiger partial charge is 0.462 e. The first-order valence-corrected chi connectivity index (χ1v) is 50.1. The SMILES string of the molecule is CCCCCCCCCC[C@@H](CC)OC(=O)CCCCCN(CCCCCCC(C)(C)C(=O)OC(CCCCCCCC)CCCCCCCC)CCNC(=O)CCC(=O)NCCN(CCCCCCCC(=O)OC(CCCCCCCC)CCCCCCCC)CCCCC(C)(C)C(=O)O[C@H](CC)CCCCCCCCCC. The van der Waals surface area contributed by atoms with Gasteiger partial charge >= 0.3 is 23.9 Å². The van der Waals surface area contributed by atoms with E-state index in [0.29, 0.717) is 39.0 Å². The van der Waals surface area contributed by atoms with Crippen LogP contribution >= 0.6 is 0 Å². The van der Waals surface area contributed by atoms with Gasteiger partial charge in [0.05, 0.1) is 10.8 Å². The Bertz CT molecular complexity index is 2140. The molecule has 14 nitrogen and oxygen atoms in total. The Morgan fingerprint density at radius 1 is 0.246 bits per heavy atom. The van der Waals surface area contributed by atoms with Crippen molar-refractivity contribution in [1.29, 1.82) is 0 Å². The Morgan fingerprint density at radius 3 is 0.781 bits per heavy atom. The predicted octanol–water partition coefficient (Wildman–Crippen LogP) is 28.2. The molecular weight excluding hydrogens is 1420 g/mol. The summed E-state index contributed by atoms with van der Waals surface area (Å²) in [6, 6.07) is 0. The van der Waals surface area contributed by atoms with Gasteiger partial charge in [-0.25, -0.2) is 0 Å². The van der Waals surface area contributed by atoms with Crippen molar-refractivity contribution in [1.82, 2.24) is 20.4 Å². The fraction of sp³-hybridized carbons (Fsp3) is 0.940. The van der Waals surface area contributed by atoms with Gasteiger partial charge in [-0.05, 0) is 195 Å². The molecule has 0 fully saturated rings. The molecule has 2 atom stereocenters. The zero-order valence-electron chi connectivity index (χ0n) is 78.0. The van der Waals surface area contributed by atoms with Crippen LogP contribution in [0.1, 0.15) is 520 Å². The average Bonchev–Trinajstić information content (AvgIpc) is 0.877. The number of nitrogens with zero attached hydrogens (tertiary/aromatic N) is 2. The fourth-order valence-corrected chi connectivity index (χ4v) is 16.0. The Morgan fingerprint density at radius 2 is 0.465 bits per heavy atom. The molecule has 2 amide bonds. The van der Waals surface area contributed by atoms with E-state index >= 15 is 0 Å². The number of nitrogens with one attached hydrogen (secondary N) is 2. The van der Waals surface area contributed by atoms with E-state index in [1.165, 1.54) is 218 Å². The zero-order chi connectivity index (χ0) is 83.9. The molecular formula is C100H194N4O10. The summed E-state index contributed by atoms with van der Waals surface area (Å²) >= 11 is 0. The van der Waals surface area contributed by atoms with Gasteiger partial charge in [0.15, 0.2) is 0 Å². The highest BCUT2D eigenvalue weighted by atomic mass is 16.6. The van der Waals surface area contributed by atoms with Crippen molar-refractivity contribution in [2.24, 2.45) is 10.8 Å². The molecule has 0 radical (unpaired) electrons. The van der Waals surface area contributed by atoms with Crippen molar-refractivity contribution < 1.29 is 47.7 Å². The maximum atomic E-state index is 13.8. The molecule has 0 aliphatic heterocycles. The molecule has 0 heterocycles. The Balaban J connectivity index is 5.79. The summed E-state index contributed by atoms with van der Waals surface area (Å²) in [6.07, 6.45) is 74.0. The van der Waals surface area contributed by atoms with E-state index < -0.39 is 10.8 Å². The van der Waals surface area contributed by atoms with E-state index in [1.54, 1.807) is 0 Å². The van der Waals surface area contributed by atoms with E-state index in [1.807, 2.05) is 13.8 Å². The average molecular weight is 1610 g/mol. The third-order valence-electron chi connectivity index (χ3n) is 24.3. The molecule has 0 unspecified atom stereocenters. The molecule has 2 N–H and O–H groups in total. The number of amides is 2. The molecule has 14 heteroatoms. The van der Waals surface area contributed by atoms with Crippen LogP contribution in [0.2, 0.25) is 0 Å². The first-order valence-electron chi connectivity index (χ1n) is 50.1. The molecule has 114 heavy (non-hydrogen) atoms. The van der Waals surface area contributed by atoms with Crippen molar-refractivity contribution in [3.63, 3.8) is 0 Å². The lowest BCUT2D eigenvalue weighted by atomic mass is 9.86. The molecule has 0 spiro atoms. The lowest BCUT2D eigenvalue weighted by molar-refractivity contribution is -0.161. The lowest BCUT2D eigenvalue weighted by Gasteiger charge is -2.27. The Labute approximate surface area is 707 Å². The molecule has 0 saturated heterocycles. The summed E-state index contributed by atoms with van der Waals surface area (Å²) in [4.78, 5) is 85.4. The second kappa shape index (κ2) is 80.8. The Hall–Kier alpha value is -3.26. The van der Waals surface area contributed by atoms with Gasteiger partial charge in [0.1, 0.15) is 24.4 Å². The highest BCUT2D eigenvalue weighted by Gasteiger charge is 2.32. The summed E-state index contributed by atoms with van der Waals surface area (Å²) in [5.74, 6) is -0.473. The van der Waals surface area contributed by atoms with Crippen LogP contribution in [0, 0.1) is 10.8 Å². The van der Waals surface area contributed by atoms with Crippen LogP contribution < -0.4 is 10.6 Å². The monoisotopic (exact) mass is 1610 g/mol. The van der Waals surface area contributed by atoms with Gasteiger partial charge in [0, 0.05) is 51.9 Å². The van der Waals surface area contributed by atoms with Gasteiger partial charge in [0.2, 0.25) is 11.8 Å². The van der Waals surface area contributed by atoms with Crippen LogP contribution in [-0.4, -0.2) is 122 Å². The van der Waals surface area contributed by atoms with Gasteiger partial charge in [-0.3, -0.25) is 28.8 Å². The summed E-state index contributed by atoms with van der Waals surface area (Å²) in [6.45, 7) is 32.0. The lowest BCUT2D eigenvalue weighted by Crippen LogP contribution is -2.38. The summed E-state index contributed by atoms with van der Waals surface area (Å²) < 4.78 is 24.7. The third kappa shape index (κ3) is 70.6. The van der Waals surface area contributed by atoms with Gasteiger partial charge in [-0.15, -0.1) is 0 Å². The van der Waals surface area contributed by atoms with Crippen LogP contribution in [0.4, 0.5) is 0 Å². The first-order chi connectivity index (χ1) is 55.3. The van der Waals surface area contributed by atoms with E-state index in [9.17, 15) is 28.8 Å². The molecule has 0 aromatic carbocycles.